The third-order valence-corrected chi connectivity index (χ3v) is 5.03. The molecule has 0 saturated carbocycles. The van der Waals surface area contributed by atoms with Gasteiger partial charge in [-0.3, -0.25) is 4.79 Å². The third kappa shape index (κ3) is 3.29. The molecule has 0 bridgehead atoms. The number of carbonyl (C=O) groups is 1. The van der Waals surface area contributed by atoms with Crippen molar-refractivity contribution in [3.63, 3.8) is 0 Å². The first kappa shape index (κ1) is 14.8. The second-order valence-electron chi connectivity index (χ2n) is 6.16. The van der Waals surface area contributed by atoms with Crippen LogP contribution in [0.15, 0.2) is 0 Å². The highest BCUT2D eigenvalue weighted by Crippen LogP contribution is 2.36. The Morgan fingerprint density at radius 2 is 2.16 bits per heavy atom. The molecule has 2 saturated heterocycles. The molecule has 2 aliphatic rings. The van der Waals surface area contributed by atoms with E-state index in [1.807, 2.05) is 0 Å². The number of hydrogen-bond acceptors (Lipinski definition) is 3. The molecule has 0 aromatic rings. The number of amides is 1. The number of aliphatic hydroxyl groups excluding tert-OH is 1. The van der Waals surface area contributed by atoms with Gasteiger partial charge in [-0.1, -0.05) is 6.92 Å². The van der Waals surface area contributed by atoms with Gasteiger partial charge >= 0.3 is 0 Å². The number of hydrogen-bond donors (Lipinski definition) is 2. The van der Waals surface area contributed by atoms with E-state index in [-0.39, 0.29) is 12.0 Å². The number of likely N-dealkylation sites (tertiary alicyclic amines) is 1. The Morgan fingerprint density at radius 3 is 2.79 bits per heavy atom. The zero-order chi connectivity index (χ0) is 13.7. The van der Waals surface area contributed by atoms with E-state index in [2.05, 4.69) is 17.1 Å². The molecule has 1 amide bonds. The fraction of sp³-hybridized carbons (Fsp3) is 0.933. The van der Waals surface area contributed by atoms with Crippen LogP contribution in [0.1, 0.15) is 45.4 Å². The Balaban J connectivity index is 2.00. The maximum atomic E-state index is 12.9. The van der Waals surface area contributed by atoms with Gasteiger partial charge in [-0.05, 0) is 57.5 Å². The number of aliphatic hydroxyl groups is 1. The fourth-order valence-corrected chi connectivity index (χ4v) is 3.63. The van der Waals surface area contributed by atoms with E-state index in [4.69, 9.17) is 5.11 Å². The smallest absolute Gasteiger partial charge is 0.228 e. The van der Waals surface area contributed by atoms with Crippen LogP contribution in [-0.2, 0) is 4.79 Å². The van der Waals surface area contributed by atoms with Crippen LogP contribution in [-0.4, -0.2) is 48.7 Å². The topological polar surface area (TPSA) is 52.6 Å². The summed E-state index contributed by atoms with van der Waals surface area (Å²) >= 11 is 0. The third-order valence-electron chi connectivity index (χ3n) is 5.03. The second-order valence-corrected chi connectivity index (χ2v) is 6.16. The Hall–Kier alpha value is -0.610. The molecule has 2 rings (SSSR count). The van der Waals surface area contributed by atoms with Gasteiger partial charge in [-0.15, -0.1) is 0 Å². The maximum Gasteiger partial charge on any atom is 0.228 e. The average Bonchev–Trinajstić information content (AvgIpc) is 2.48. The van der Waals surface area contributed by atoms with Crippen molar-refractivity contribution >= 4 is 5.91 Å². The Bertz CT molecular complexity index is 299. The van der Waals surface area contributed by atoms with E-state index in [0.717, 1.165) is 64.7 Å². The van der Waals surface area contributed by atoms with Crippen LogP contribution in [0.4, 0.5) is 0 Å². The van der Waals surface area contributed by atoms with E-state index in [9.17, 15) is 4.79 Å². The minimum absolute atomic E-state index is 0.119. The predicted octanol–water partition coefficient (Wildman–Crippen LogP) is 1.39. The highest BCUT2D eigenvalue weighted by atomic mass is 16.3. The lowest BCUT2D eigenvalue weighted by Crippen LogP contribution is -2.51. The number of nitrogens with zero attached hydrogens (tertiary/aromatic N) is 1. The number of carbonyl (C=O) groups excluding carboxylic acids is 1. The van der Waals surface area contributed by atoms with Crippen molar-refractivity contribution in [1.29, 1.82) is 0 Å². The Kier molecular flexibility index (Phi) is 5.22. The van der Waals surface area contributed by atoms with E-state index in [0.29, 0.717) is 11.8 Å². The monoisotopic (exact) mass is 268 g/mol. The number of piperidine rings is 2. The van der Waals surface area contributed by atoms with Crippen LogP contribution in [0.2, 0.25) is 0 Å². The van der Waals surface area contributed by atoms with Gasteiger partial charge in [0.1, 0.15) is 0 Å². The first-order valence-corrected chi connectivity index (χ1v) is 7.83. The van der Waals surface area contributed by atoms with Gasteiger partial charge < -0.3 is 15.3 Å². The standard InChI is InChI=1S/C15H28N2O2/c1-2-15(6-8-16-9-7-15)14(19)17-10-3-4-13(12-17)5-11-18/h13,16,18H,2-12H2,1H3. The first-order chi connectivity index (χ1) is 9.22. The minimum atomic E-state index is -0.119. The van der Waals surface area contributed by atoms with Crippen molar-refractivity contribution in [2.45, 2.75) is 45.4 Å². The number of rotatable bonds is 4. The quantitative estimate of drug-likeness (QED) is 0.810. The van der Waals surface area contributed by atoms with Gasteiger partial charge in [0.25, 0.3) is 0 Å². The molecule has 4 nitrogen and oxygen atoms in total. The highest BCUT2D eigenvalue weighted by Gasteiger charge is 2.41. The van der Waals surface area contributed by atoms with Gasteiger partial charge in [0.15, 0.2) is 0 Å². The van der Waals surface area contributed by atoms with Crippen LogP contribution in [0.3, 0.4) is 0 Å². The normalized spacial score (nSPS) is 27.3. The van der Waals surface area contributed by atoms with Gasteiger partial charge in [-0.25, -0.2) is 0 Å². The molecule has 19 heavy (non-hydrogen) atoms. The molecule has 2 fully saturated rings. The van der Waals surface area contributed by atoms with Crippen LogP contribution >= 0.6 is 0 Å². The predicted molar refractivity (Wildman–Crippen MR) is 75.8 cm³/mol. The SMILES string of the molecule is CCC1(C(=O)N2CCCC(CCO)C2)CCNCC1. The van der Waals surface area contributed by atoms with Gasteiger partial charge in [0.05, 0.1) is 5.41 Å². The van der Waals surface area contributed by atoms with Gasteiger partial charge in [0.2, 0.25) is 5.91 Å². The molecule has 0 spiro atoms. The summed E-state index contributed by atoms with van der Waals surface area (Å²) in [5.41, 5.74) is -0.119. The van der Waals surface area contributed by atoms with Crippen LogP contribution in [0.5, 0.6) is 0 Å². The molecular formula is C15H28N2O2. The summed E-state index contributed by atoms with van der Waals surface area (Å²) < 4.78 is 0. The van der Waals surface area contributed by atoms with E-state index in [1.54, 1.807) is 0 Å². The minimum Gasteiger partial charge on any atom is -0.396 e. The molecule has 4 heteroatoms. The first-order valence-electron chi connectivity index (χ1n) is 7.83. The molecule has 2 N–H and O–H groups in total. The summed E-state index contributed by atoms with van der Waals surface area (Å²) in [5.74, 6) is 0.873. The lowest BCUT2D eigenvalue weighted by atomic mass is 9.75. The summed E-state index contributed by atoms with van der Waals surface area (Å²) in [6.45, 7) is 6.10. The van der Waals surface area contributed by atoms with Crippen molar-refractivity contribution in [1.82, 2.24) is 10.2 Å². The average molecular weight is 268 g/mol. The fourth-order valence-electron chi connectivity index (χ4n) is 3.63. The van der Waals surface area contributed by atoms with Gasteiger partial charge in [0, 0.05) is 19.7 Å². The van der Waals surface area contributed by atoms with E-state index >= 15 is 0 Å². The molecule has 2 heterocycles. The lowest BCUT2D eigenvalue weighted by molar-refractivity contribution is -0.146. The van der Waals surface area contributed by atoms with Crippen LogP contribution < -0.4 is 5.32 Å². The van der Waals surface area contributed by atoms with Crippen LogP contribution in [0.25, 0.3) is 0 Å². The van der Waals surface area contributed by atoms with Gasteiger partial charge in [-0.2, -0.15) is 0 Å². The van der Waals surface area contributed by atoms with E-state index < -0.39 is 0 Å². The Labute approximate surface area is 116 Å². The van der Waals surface area contributed by atoms with Crippen molar-refractivity contribution in [3.05, 3.63) is 0 Å². The summed E-state index contributed by atoms with van der Waals surface area (Å²) in [5, 5.41) is 12.4. The molecule has 2 aliphatic heterocycles. The molecule has 110 valence electrons. The molecule has 0 aromatic carbocycles. The van der Waals surface area contributed by atoms with Crippen LogP contribution in [0, 0.1) is 11.3 Å². The molecule has 0 aliphatic carbocycles. The molecule has 0 aromatic heterocycles. The summed E-state index contributed by atoms with van der Waals surface area (Å²) in [7, 11) is 0. The van der Waals surface area contributed by atoms with Crippen molar-refractivity contribution < 1.29 is 9.90 Å². The summed E-state index contributed by atoms with van der Waals surface area (Å²) in [4.78, 5) is 15.0. The number of nitrogens with one attached hydrogen (secondary N) is 1. The lowest BCUT2D eigenvalue weighted by Gasteiger charge is -2.42. The molecule has 1 unspecified atom stereocenters. The highest BCUT2D eigenvalue weighted by molar-refractivity contribution is 5.83. The zero-order valence-electron chi connectivity index (χ0n) is 12.2. The second kappa shape index (κ2) is 6.71. The van der Waals surface area contributed by atoms with Crippen molar-refractivity contribution in [2.75, 3.05) is 32.8 Å². The Morgan fingerprint density at radius 1 is 1.42 bits per heavy atom. The summed E-state index contributed by atoms with van der Waals surface area (Å²) in [6, 6.07) is 0. The molecule has 1 atom stereocenters. The van der Waals surface area contributed by atoms with Crippen molar-refractivity contribution in [3.8, 4) is 0 Å². The molecular weight excluding hydrogens is 240 g/mol. The zero-order valence-corrected chi connectivity index (χ0v) is 12.2. The maximum absolute atomic E-state index is 12.9. The largest absolute Gasteiger partial charge is 0.396 e. The van der Waals surface area contributed by atoms with E-state index in [1.165, 1.54) is 0 Å². The summed E-state index contributed by atoms with van der Waals surface area (Å²) in [6.07, 6.45) is 5.99. The molecule has 0 radical (unpaired) electrons. The van der Waals surface area contributed by atoms with Crippen molar-refractivity contribution in [2.24, 2.45) is 11.3 Å².